The first kappa shape index (κ1) is 32.8. The number of aliphatic hydroxyl groups is 1. The van der Waals surface area contributed by atoms with E-state index in [1.165, 1.54) is 18.2 Å². The number of nitrogens with zero attached hydrogens (tertiary/aromatic N) is 1. The lowest BCUT2D eigenvalue weighted by atomic mass is 9.68. The molecule has 1 heterocycles. The number of aliphatic hydroxyl groups excluding tert-OH is 1. The third-order valence-electron chi connectivity index (χ3n) is 9.90. The zero-order valence-corrected chi connectivity index (χ0v) is 26.9. The Morgan fingerprint density at radius 2 is 2.07 bits per heavy atom. The first-order valence-electron chi connectivity index (χ1n) is 15.4. The van der Waals surface area contributed by atoms with Crippen LogP contribution in [0.3, 0.4) is 0 Å². The van der Waals surface area contributed by atoms with Crippen molar-refractivity contribution < 1.29 is 32.9 Å². The van der Waals surface area contributed by atoms with Gasteiger partial charge in [0.15, 0.2) is 0 Å². The molecule has 0 saturated heterocycles. The highest BCUT2D eigenvalue weighted by atomic mass is 35.5. The summed E-state index contributed by atoms with van der Waals surface area (Å²) in [6.07, 6.45) is 7.57. The van der Waals surface area contributed by atoms with E-state index in [2.05, 4.69) is 11.0 Å². The molecule has 1 aliphatic heterocycles. The summed E-state index contributed by atoms with van der Waals surface area (Å²) in [7, 11) is -2.29. The third-order valence-corrected chi connectivity index (χ3v) is 11.6. The molecular formula is C33H43ClN2O7S. The molecule has 0 unspecified atom stereocenters. The quantitative estimate of drug-likeness (QED) is 0.292. The van der Waals surface area contributed by atoms with E-state index in [0.29, 0.717) is 43.3 Å². The Bertz CT molecular complexity index is 1500. The van der Waals surface area contributed by atoms with E-state index >= 15 is 0 Å². The van der Waals surface area contributed by atoms with Crippen molar-refractivity contribution in [1.29, 1.82) is 0 Å². The van der Waals surface area contributed by atoms with Gasteiger partial charge in [0.2, 0.25) is 10.0 Å². The van der Waals surface area contributed by atoms with Gasteiger partial charge >= 0.3 is 5.97 Å². The molecule has 0 radical (unpaired) electrons. The minimum Gasteiger partial charge on any atom is -0.490 e. The SMILES string of the molecule is CC[C@@H]([C@H](C/C=C/[C@H](O)[C@@H]1CC[C@H]1CN1C[C@@]2(CCCc3cc(Cl)ccc32)COc2ccc(C(=O)O)cc21)OC)S(N)(=O)=O. The zero-order valence-electron chi connectivity index (χ0n) is 25.3. The van der Waals surface area contributed by atoms with Crippen LogP contribution in [0.1, 0.15) is 66.9 Å². The molecule has 0 amide bonds. The highest BCUT2D eigenvalue weighted by Gasteiger charge is 2.44. The molecule has 240 valence electrons. The van der Waals surface area contributed by atoms with Crippen molar-refractivity contribution in [3.63, 3.8) is 0 Å². The van der Waals surface area contributed by atoms with Crippen molar-refractivity contribution >= 4 is 33.3 Å². The largest absolute Gasteiger partial charge is 0.490 e. The maximum Gasteiger partial charge on any atom is 0.335 e. The number of sulfonamides is 1. The number of nitrogens with two attached hydrogens (primary N) is 1. The van der Waals surface area contributed by atoms with Crippen LogP contribution in [0.25, 0.3) is 0 Å². The maximum absolute atomic E-state index is 12.0. The fraction of sp³-hybridized carbons (Fsp3) is 0.545. The van der Waals surface area contributed by atoms with E-state index in [4.69, 9.17) is 26.2 Å². The second-order valence-electron chi connectivity index (χ2n) is 12.6. The number of methoxy groups -OCH3 is 1. The molecule has 11 heteroatoms. The minimum atomic E-state index is -3.76. The smallest absolute Gasteiger partial charge is 0.335 e. The summed E-state index contributed by atoms with van der Waals surface area (Å²) < 4.78 is 35.9. The summed E-state index contributed by atoms with van der Waals surface area (Å²) in [6.45, 7) is 3.54. The van der Waals surface area contributed by atoms with E-state index in [1.54, 1.807) is 37.3 Å². The molecule has 4 N–H and O–H groups in total. The Labute approximate surface area is 265 Å². The molecule has 2 aliphatic carbocycles. The highest BCUT2D eigenvalue weighted by Crippen LogP contribution is 2.46. The van der Waals surface area contributed by atoms with E-state index in [9.17, 15) is 23.4 Å². The van der Waals surface area contributed by atoms with Gasteiger partial charge in [0.25, 0.3) is 0 Å². The van der Waals surface area contributed by atoms with Crippen LogP contribution in [0.15, 0.2) is 48.6 Å². The molecule has 2 aromatic carbocycles. The first-order chi connectivity index (χ1) is 21.0. The van der Waals surface area contributed by atoms with Crippen LogP contribution < -0.4 is 14.8 Å². The number of carbonyl (C=O) groups is 1. The second-order valence-corrected chi connectivity index (χ2v) is 14.8. The van der Waals surface area contributed by atoms with Gasteiger partial charge in [0, 0.05) is 30.6 Å². The number of ether oxygens (including phenoxy) is 2. The summed E-state index contributed by atoms with van der Waals surface area (Å²) in [5, 5.41) is 26.2. The molecule has 5 rings (SSSR count). The molecule has 0 bridgehead atoms. The standard InChI is InChI=1S/C33H43ClN2O7S/c1-3-31(44(35,40)41)30(42-2)8-4-7-28(37)25-12-9-23(25)18-36-19-33(15-5-6-21-16-24(34)11-13-26(21)33)20-43-29-14-10-22(32(38)39)17-27(29)36/h4,7,10-11,13-14,16-17,23,25,28,30-31,37H,3,5-6,8-9,12,15,18-20H2,1-2H3,(H,38,39)(H2,35,40,41)/b7-4+/t23-,25+,28-,30-,31-,33-/m0/s1. The van der Waals surface area contributed by atoms with Crippen LogP contribution in [0.5, 0.6) is 5.75 Å². The maximum atomic E-state index is 12.0. The summed E-state index contributed by atoms with van der Waals surface area (Å²) in [5.74, 6) is -0.148. The average molecular weight is 647 g/mol. The van der Waals surface area contributed by atoms with Crippen molar-refractivity contribution in [3.05, 3.63) is 70.3 Å². The Morgan fingerprint density at radius 1 is 1.27 bits per heavy atom. The molecule has 1 spiro atoms. The molecule has 1 saturated carbocycles. The number of aromatic carboxylic acids is 1. The van der Waals surface area contributed by atoms with Crippen molar-refractivity contribution in [2.75, 3.05) is 31.7 Å². The fourth-order valence-electron chi connectivity index (χ4n) is 7.40. The molecule has 44 heavy (non-hydrogen) atoms. The van der Waals surface area contributed by atoms with Crippen LogP contribution in [0.2, 0.25) is 5.02 Å². The lowest BCUT2D eigenvalue weighted by molar-refractivity contribution is 0.0451. The fourth-order valence-corrected chi connectivity index (χ4v) is 8.71. The van der Waals surface area contributed by atoms with Crippen LogP contribution in [-0.2, 0) is 26.6 Å². The molecule has 6 atom stereocenters. The number of carboxylic acids is 1. The number of fused-ring (bicyclic) bond motifs is 3. The van der Waals surface area contributed by atoms with E-state index in [1.807, 2.05) is 12.1 Å². The summed E-state index contributed by atoms with van der Waals surface area (Å²) in [4.78, 5) is 14.2. The number of benzene rings is 2. The lowest BCUT2D eigenvalue weighted by Crippen LogP contribution is -2.49. The van der Waals surface area contributed by atoms with Crippen molar-refractivity contribution in [3.8, 4) is 5.75 Å². The second kappa shape index (κ2) is 13.4. The molecular weight excluding hydrogens is 604 g/mol. The lowest BCUT2D eigenvalue weighted by Gasteiger charge is -2.45. The normalized spacial score (nSPS) is 25.3. The van der Waals surface area contributed by atoms with Gasteiger partial charge in [-0.05, 0) is 98.2 Å². The van der Waals surface area contributed by atoms with Gasteiger partial charge in [0.1, 0.15) is 11.0 Å². The molecule has 2 aromatic rings. The summed E-state index contributed by atoms with van der Waals surface area (Å²) in [5.41, 5.74) is 3.14. The predicted octanol–water partition coefficient (Wildman–Crippen LogP) is 4.93. The predicted molar refractivity (Wildman–Crippen MR) is 171 cm³/mol. The Kier molecular flexibility index (Phi) is 9.96. The molecule has 1 fully saturated rings. The highest BCUT2D eigenvalue weighted by molar-refractivity contribution is 7.89. The Balaban J connectivity index is 1.37. The Morgan fingerprint density at radius 3 is 2.73 bits per heavy atom. The van der Waals surface area contributed by atoms with E-state index in [0.717, 1.165) is 37.8 Å². The number of halogens is 1. The van der Waals surface area contributed by atoms with Crippen LogP contribution >= 0.6 is 11.6 Å². The van der Waals surface area contributed by atoms with Crippen LogP contribution in [-0.4, -0.2) is 68.9 Å². The van der Waals surface area contributed by atoms with Crippen molar-refractivity contribution in [2.24, 2.45) is 17.0 Å². The van der Waals surface area contributed by atoms with Crippen LogP contribution in [0.4, 0.5) is 5.69 Å². The number of primary sulfonamides is 1. The number of rotatable bonds is 11. The third kappa shape index (κ3) is 6.79. The monoisotopic (exact) mass is 646 g/mol. The van der Waals surface area contributed by atoms with Gasteiger partial charge in [-0.15, -0.1) is 0 Å². The van der Waals surface area contributed by atoms with Gasteiger partial charge in [-0.1, -0.05) is 36.7 Å². The number of hydrogen-bond donors (Lipinski definition) is 3. The van der Waals surface area contributed by atoms with Gasteiger partial charge in [-0.3, -0.25) is 0 Å². The molecule has 0 aromatic heterocycles. The summed E-state index contributed by atoms with van der Waals surface area (Å²) in [6, 6.07) is 11.1. The van der Waals surface area contributed by atoms with Crippen molar-refractivity contribution in [1.82, 2.24) is 0 Å². The number of carboxylic acid groups (broad SMARTS) is 1. The first-order valence-corrected chi connectivity index (χ1v) is 17.4. The van der Waals surface area contributed by atoms with Crippen molar-refractivity contribution in [2.45, 2.75) is 74.7 Å². The number of aryl methyl sites for hydroxylation is 1. The molecule has 9 nitrogen and oxygen atoms in total. The summed E-state index contributed by atoms with van der Waals surface area (Å²) >= 11 is 6.36. The number of hydrogen-bond acceptors (Lipinski definition) is 7. The Hall–Kier alpha value is -2.63. The number of anilines is 1. The zero-order chi connectivity index (χ0) is 31.6. The average Bonchev–Trinajstić information content (AvgIpc) is 3.11. The van der Waals surface area contributed by atoms with Gasteiger partial charge in [0.05, 0.1) is 30.1 Å². The molecule has 3 aliphatic rings. The minimum absolute atomic E-state index is 0.0103. The van der Waals surface area contributed by atoms with Gasteiger partial charge < -0.3 is 24.6 Å². The van der Waals surface area contributed by atoms with E-state index < -0.39 is 33.5 Å². The van der Waals surface area contributed by atoms with Crippen LogP contribution in [0, 0.1) is 11.8 Å². The van der Waals surface area contributed by atoms with Gasteiger partial charge in [-0.2, -0.15) is 0 Å². The van der Waals surface area contributed by atoms with Gasteiger partial charge in [-0.25, -0.2) is 18.4 Å². The topological polar surface area (TPSA) is 139 Å². The van der Waals surface area contributed by atoms with E-state index in [-0.39, 0.29) is 22.8 Å².